The van der Waals surface area contributed by atoms with Crippen LogP contribution in [0, 0.1) is 10.1 Å². The Kier molecular flexibility index (Phi) is 5.15. The Morgan fingerprint density at radius 3 is 2.48 bits per heavy atom. The summed E-state index contributed by atoms with van der Waals surface area (Å²) in [6, 6.07) is 4.96. The van der Waals surface area contributed by atoms with Crippen molar-refractivity contribution < 1.29 is 24.7 Å². The van der Waals surface area contributed by atoms with Gasteiger partial charge in [-0.2, -0.15) is 0 Å². The molecule has 0 fully saturated rings. The van der Waals surface area contributed by atoms with Gasteiger partial charge < -0.3 is 10.2 Å². The molecule has 7 heteroatoms. The molecule has 0 saturated carbocycles. The first-order valence-electron chi connectivity index (χ1n) is 6.43. The molecule has 7 nitrogen and oxygen atoms in total. The third kappa shape index (κ3) is 3.25. The Hall–Kier alpha value is -2.28. The lowest BCUT2D eigenvalue weighted by Crippen LogP contribution is -2.45. The molecule has 1 aromatic carbocycles. The minimum atomic E-state index is -1.98. The average molecular weight is 295 g/mol. The number of hydrogen-bond donors (Lipinski definition) is 2. The first-order valence-corrected chi connectivity index (χ1v) is 6.43. The lowest BCUT2D eigenvalue weighted by molar-refractivity contribution is -0.384. The largest absolute Gasteiger partial charge is 0.480 e. The summed E-state index contributed by atoms with van der Waals surface area (Å²) in [5.74, 6) is -2.11. The smallest absolute Gasteiger partial charge is 0.321 e. The van der Waals surface area contributed by atoms with Crippen LogP contribution in [0.25, 0.3) is 0 Å². The molecule has 0 bridgehead atoms. The number of hydrogen-bond acceptors (Lipinski definition) is 5. The highest BCUT2D eigenvalue weighted by molar-refractivity contribution is 6.08. The predicted molar refractivity (Wildman–Crippen MR) is 74.0 cm³/mol. The van der Waals surface area contributed by atoms with Gasteiger partial charge in [-0.25, -0.2) is 0 Å². The fourth-order valence-corrected chi connectivity index (χ4v) is 2.21. The molecule has 0 amide bonds. The topological polar surface area (TPSA) is 118 Å². The molecule has 21 heavy (non-hydrogen) atoms. The zero-order valence-electron chi connectivity index (χ0n) is 11.8. The van der Waals surface area contributed by atoms with E-state index in [9.17, 15) is 29.9 Å². The normalized spacial score (nSPS) is 15.0. The Balaban J connectivity index is 3.49. The molecule has 1 rings (SSSR count). The van der Waals surface area contributed by atoms with Gasteiger partial charge in [-0.05, 0) is 18.9 Å². The maximum absolute atomic E-state index is 12.0. The van der Waals surface area contributed by atoms with Crippen LogP contribution in [0.5, 0.6) is 0 Å². The fraction of sp³-hybridized carbons (Fsp3) is 0.429. The van der Waals surface area contributed by atoms with Crippen LogP contribution in [-0.4, -0.2) is 33.0 Å². The number of aliphatic carboxylic acids is 1. The van der Waals surface area contributed by atoms with Gasteiger partial charge in [0.05, 0.1) is 11.0 Å². The maximum atomic E-state index is 12.0. The van der Waals surface area contributed by atoms with Crippen molar-refractivity contribution in [3.05, 3.63) is 39.9 Å². The molecular weight excluding hydrogens is 278 g/mol. The van der Waals surface area contributed by atoms with Crippen molar-refractivity contribution in [1.29, 1.82) is 0 Å². The third-order valence-corrected chi connectivity index (χ3v) is 3.53. The van der Waals surface area contributed by atoms with E-state index in [0.29, 0.717) is 0 Å². The van der Waals surface area contributed by atoms with E-state index in [1.165, 1.54) is 18.2 Å². The number of carbonyl (C=O) groups is 2. The second-order valence-electron chi connectivity index (χ2n) is 4.84. The molecule has 114 valence electrons. The summed E-state index contributed by atoms with van der Waals surface area (Å²) in [6.45, 7) is 2.76. The van der Waals surface area contributed by atoms with Crippen LogP contribution in [0.2, 0.25) is 0 Å². The molecular formula is C14H17NO6. The molecule has 0 aliphatic heterocycles. The third-order valence-electron chi connectivity index (χ3n) is 3.53. The number of benzene rings is 1. The second kappa shape index (κ2) is 6.45. The summed E-state index contributed by atoms with van der Waals surface area (Å²) in [4.78, 5) is 33.8. The molecule has 0 aliphatic carbocycles. The molecule has 0 spiro atoms. The van der Waals surface area contributed by atoms with E-state index in [0.717, 1.165) is 13.0 Å². The van der Waals surface area contributed by atoms with Crippen molar-refractivity contribution in [2.45, 2.75) is 38.2 Å². The summed E-state index contributed by atoms with van der Waals surface area (Å²) in [5, 5.41) is 30.1. The average Bonchev–Trinajstić information content (AvgIpc) is 2.43. The van der Waals surface area contributed by atoms with Crippen molar-refractivity contribution in [2.75, 3.05) is 0 Å². The Morgan fingerprint density at radius 2 is 2.05 bits per heavy atom. The number of rotatable bonds is 7. The number of non-ortho nitro benzene ring substituents is 1. The summed E-state index contributed by atoms with van der Waals surface area (Å²) < 4.78 is 0. The lowest BCUT2D eigenvalue weighted by atomic mass is 9.72. The molecule has 0 aromatic heterocycles. The molecule has 2 unspecified atom stereocenters. The number of ketones is 1. The number of aliphatic hydroxyl groups is 1. The quantitative estimate of drug-likeness (QED) is 0.449. The minimum absolute atomic E-state index is 0.00389. The number of nitrogens with zero attached hydrogens (tertiary/aromatic N) is 1. The number of carboxylic acid groups (broad SMARTS) is 1. The van der Waals surface area contributed by atoms with Gasteiger partial charge >= 0.3 is 5.97 Å². The van der Waals surface area contributed by atoms with Crippen LogP contribution in [0.15, 0.2) is 24.3 Å². The van der Waals surface area contributed by atoms with Crippen LogP contribution >= 0.6 is 0 Å². The van der Waals surface area contributed by atoms with E-state index >= 15 is 0 Å². The number of carboxylic acids is 1. The van der Waals surface area contributed by atoms with Crippen molar-refractivity contribution in [1.82, 2.24) is 0 Å². The number of aliphatic hydroxyl groups excluding tert-OH is 1. The maximum Gasteiger partial charge on any atom is 0.321 e. The zero-order valence-corrected chi connectivity index (χ0v) is 11.8. The monoisotopic (exact) mass is 295 g/mol. The van der Waals surface area contributed by atoms with E-state index in [1.807, 2.05) is 0 Å². The van der Waals surface area contributed by atoms with E-state index < -0.39 is 28.2 Å². The van der Waals surface area contributed by atoms with Crippen LogP contribution < -0.4 is 0 Å². The number of nitro benzene ring substituents is 1. The Bertz CT molecular complexity index is 554. The van der Waals surface area contributed by atoms with Gasteiger partial charge in [-0.1, -0.05) is 19.1 Å². The van der Waals surface area contributed by atoms with Gasteiger partial charge in [-0.15, -0.1) is 0 Å². The summed E-state index contributed by atoms with van der Waals surface area (Å²) >= 11 is 0. The van der Waals surface area contributed by atoms with E-state index in [4.69, 9.17) is 0 Å². The van der Waals surface area contributed by atoms with Gasteiger partial charge in [0.1, 0.15) is 0 Å². The molecule has 2 atom stereocenters. The molecule has 0 aliphatic rings. The van der Waals surface area contributed by atoms with Gasteiger partial charge in [0.2, 0.25) is 0 Å². The first kappa shape index (κ1) is 16.8. The van der Waals surface area contributed by atoms with Crippen molar-refractivity contribution in [2.24, 2.45) is 0 Å². The number of nitro groups is 1. The minimum Gasteiger partial charge on any atom is -0.480 e. The Labute approximate surface area is 121 Å². The number of carbonyl (C=O) groups excluding carboxylic acids is 1. The van der Waals surface area contributed by atoms with Crippen LogP contribution in [0.4, 0.5) is 5.69 Å². The van der Waals surface area contributed by atoms with Crippen LogP contribution in [0.1, 0.15) is 32.3 Å². The Morgan fingerprint density at radius 1 is 1.43 bits per heavy atom. The molecule has 2 N–H and O–H groups in total. The van der Waals surface area contributed by atoms with Crippen molar-refractivity contribution in [3.8, 4) is 0 Å². The summed E-state index contributed by atoms with van der Waals surface area (Å²) in [5.41, 5.74) is -2.28. The van der Waals surface area contributed by atoms with Crippen molar-refractivity contribution >= 4 is 17.4 Å². The second-order valence-corrected chi connectivity index (χ2v) is 4.84. The van der Waals surface area contributed by atoms with E-state index in [2.05, 4.69) is 0 Å². The standard InChI is InChI=1S/C14H17NO6/c1-3-12(17)8-14(9(2)16,13(18)19)10-5-4-6-11(7-10)15(20)21/h4-7,12,17H,3,8H2,1-2H3,(H,18,19). The highest BCUT2D eigenvalue weighted by Crippen LogP contribution is 2.33. The van der Waals surface area contributed by atoms with E-state index in [-0.39, 0.29) is 24.1 Å². The molecule has 0 saturated heterocycles. The molecule has 0 heterocycles. The van der Waals surface area contributed by atoms with Gasteiger partial charge in [0.15, 0.2) is 11.2 Å². The number of Topliss-reactive ketones (excluding diaryl/α,β-unsaturated/α-hetero) is 1. The van der Waals surface area contributed by atoms with E-state index in [1.54, 1.807) is 6.92 Å². The summed E-state index contributed by atoms with van der Waals surface area (Å²) in [6.07, 6.45) is -1.05. The highest BCUT2D eigenvalue weighted by Gasteiger charge is 2.47. The van der Waals surface area contributed by atoms with Crippen LogP contribution in [0.3, 0.4) is 0 Å². The first-order chi connectivity index (χ1) is 9.75. The van der Waals surface area contributed by atoms with Gasteiger partial charge in [0, 0.05) is 18.6 Å². The zero-order chi connectivity index (χ0) is 16.2. The fourth-order valence-electron chi connectivity index (χ4n) is 2.21. The van der Waals surface area contributed by atoms with Gasteiger partial charge in [-0.3, -0.25) is 19.7 Å². The summed E-state index contributed by atoms with van der Waals surface area (Å²) in [7, 11) is 0. The van der Waals surface area contributed by atoms with Crippen LogP contribution in [-0.2, 0) is 15.0 Å². The van der Waals surface area contributed by atoms with Crippen molar-refractivity contribution in [3.63, 3.8) is 0 Å². The molecule has 0 radical (unpaired) electrons. The lowest BCUT2D eigenvalue weighted by Gasteiger charge is -2.29. The SMILES string of the molecule is CCC(O)CC(C(C)=O)(C(=O)O)c1cccc([N+](=O)[O-])c1. The van der Waals surface area contributed by atoms with Gasteiger partial charge in [0.25, 0.3) is 5.69 Å². The molecule has 1 aromatic rings. The predicted octanol–water partition coefficient (Wildman–Crippen LogP) is 1.67. The highest BCUT2D eigenvalue weighted by atomic mass is 16.6.